The molecule has 6 nitrogen and oxygen atoms in total. The molecule has 0 radical (unpaired) electrons. The van der Waals surface area contributed by atoms with Crippen LogP contribution in [0.25, 0.3) is 0 Å². The maximum atomic E-state index is 12.2. The molecule has 0 aliphatic heterocycles. The number of amides is 1. The molecule has 0 saturated heterocycles. The van der Waals surface area contributed by atoms with Gasteiger partial charge in [0.1, 0.15) is 0 Å². The quantitative estimate of drug-likeness (QED) is 0.884. The second kappa shape index (κ2) is 6.56. The number of anilines is 1. The highest BCUT2D eigenvalue weighted by molar-refractivity contribution is 5.92. The lowest BCUT2D eigenvalue weighted by Crippen LogP contribution is -2.30. The summed E-state index contributed by atoms with van der Waals surface area (Å²) < 4.78 is 1.52. The summed E-state index contributed by atoms with van der Waals surface area (Å²) in [5.74, 6) is -1.34. The molecule has 0 spiro atoms. The molecular weight excluding hydrogens is 272 g/mol. The van der Waals surface area contributed by atoms with Crippen LogP contribution >= 0.6 is 0 Å². The summed E-state index contributed by atoms with van der Waals surface area (Å²) in [6.45, 7) is 2.41. The fourth-order valence-electron chi connectivity index (χ4n) is 2.70. The summed E-state index contributed by atoms with van der Waals surface area (Å²) in [7, 11) is 0. The molecule has 0 atom stereocenters. The predicted octanol–water partition coefficient (Wildman–Crippen LogP) is 1.70. The van der Waals surface area contributed by atoms with Crippen molar-refractivity contribution >= 4 is 17.6 Å². The van der Waals surface area contributed by atoms with Gasteiger partial charge in [-0.1, -0.05) is 0 Å². The lowest BCUT2D eigenvalue weighted by molar-refractivity contribution is -0.143. The molecule has 1 aromatic rings. The zero-order chi connectivity index (χ0) is 15.4. The van der Waals surface area contributed by atoms with Crippen molar-refractivity contribution in [3.8, 4) is 0 Å². The largest absolute Gasteiger partial charge is 0.481 e. The van der Waals surface area contributed by atoms with Gasteiger partial charge in [-0.2, -0.15) is 0 Å². The van der Waals surface area contributed by atoms with E-state index in [-0.39, 0.29) is 23.3 Å². The number of hydrogen-bond acceptors (Lipinski definition) is 3. The van der Waals surface area contributed by atoms with Gasteiger partial charge in [0.05, 0.1) is 11.6 Å². The van der Waals surface area contributed by atoms with Crippen molar-refractivity contribution in [2.45, 2.75) is 39.2 Å². The Labute approximate surface area is 122 Å². The first-order valence-electron chi connectivity index (χ1n) is 7.25. The average Bonchev–Trinajstić information content (AvgIpc) is 2.49. The van der Waals surface area contributed by atoms with Gasteiger partial charge in [-0.25, -0.2) is 0 Å². The molecule has 1 aliphatic carbocycles. The molecule has 6 heteroatoms. The number of nitrogens with one attached hydrogen (secondary N) is 1. The van der Waals surface area contributed by atoms with E-state index in [4.69, 9.17) is 5.11 Å². The van der Waals surface area contributed by atoms with Crippen LogP contribution in [0.3, 0.4) is 0 Å². The molecule has 21 heavy (non-hydrogen) atoms. The van der Waals surface area contributed by atoms with Crippen LogP contribution < -0.4 is 10.9 Å². The van der Waals surface area contributed by atoms with Gasteiger partial charge in [-0.05, 0) is 38.7 Å². The number of carbonyl (C=O) groups excluding carboxylic acids is 1. The van der Waals surface area contributed by atoms with Gasteiger partial charge in [-0.15, -0.1) is 0 Å². The number of rotatable bonds is 4. The first-order valence-corrected chi connectivity index (χ1v) is 7.25. The van der Waals surface area contributed by atoms with Crippen molar-refractivity contribution in [3.05, 3.63) is 28.7 Å². The maximum absolute atomic E-state index is 12.2. The molecule has 1 aromatic heterocycles. The van der Waals surface area contributed by atoms with E-state index >= 15 is 0 Å². The van der Waals surface area contributed by atoms with E-state index in [9.17, 15) is 14.4 Å². The fraction of sp³-hybridized carbons (Fsp3) is 0.533. The normalized spacial score (nSPS) is 21.8. The van der Waals surface area contributed by atoms with Crippen molar-refractivity contribution in [1.82, 2.24) is 4.57 Å². The summed E-state index contributed by atoms with van der Waals surface area (Å²) in [6.07, 6.45) is 3.90. The van der Waals surface area contributed by atoms with E-state index in [0.717, 1.165) is 0 Å². The van der Waals surface area contributed by atoms with Crippen LogP contribution in [0.15, 0.2) is 23.1 Å². The third-order valence-corrected chi connectivity index (χ3v) is 4.04. The Hall–Kier alpha value is -2.11. The molecule has 1 heterocycles. The van der Waals surface area contributed by atoms with Gasteiger partial charge in [-0.3, -0.25) is 14.4 Å². The van der Waals surface area contributed by atoms with Crippen LogP contribution in [0.1, 0.15) is 32.6 Å². The Morgan fingerprint density at radius 2 is 1.86 bits per heavy atom. The number of aromatic nitrogens is 1. The van der Waals surface area contributed by atoms with Crippen LogP contribution in [0.4, 0.5) is 5.69 Å². The van der Waals surface area contributed by atoms with Crippen LogP contribution in [0.2, 0.25) is 0 Å². The van der Waals surface area contributed by atoms with Crippen molar-refractivity contribution in [3.63, 3.8) is 0 Å². The lowest BCUT2D eigenvalue weighted by atomic mass is 9.81. The molecule has 0 aromatic carbocycles. The summed E-state index contributed by atoms with van der Waals surface area (Å²) in [5, 5.41) is 11.8. The van der Waals surface area contributed by atoms with E-state index in [0.29, 0.717) is 37.9 Å². The van der Waals surface area contributed by atoms with E-state index in [1.165, 1.54) is 10.6 Å². The molecule has 0 bridgehead atoms. The minimum absolute atomic E-state index is 0.0971. The van der Waals surface area contributed by atoms with Crippen LogP contribution in [0, 0.1) is 11.8 Å². The number of hydrogen-bond donors (Lipinski definition) is 2. The standard InChI is InChI=1S/C15H20N2O4/c1-2-17-9-12(7-8-13(17)18)16-14(19)10-3-5-11(6-4-10)15(20)21/h7-11H,2-6H2,1H3,(H,16,19)(H,20,21). The molecule has 0 unspecified atom stereocenters. The van der Waals surface area contributed by atoms with Crippen LogP contribution in [-0.2, 0) is 16.1 Å². The van der Waals surface area contributed by atoms with Crippen molar-refractivity contribution in [2.75, 3.05) is 5.32 Å². The van der Waals surface area contributed by atoms with Crippen molar-refractivity contribution in [1.29, 1.82) is 0 Å². The van der Waals surface area contributed by atoms with Gasteiger partial charge in [0.2, 0.25) is 5.91 Å². The molecule has 114 valence electrons. The zero-order valence-corrected chi connectivity index (χ0v) is 12.0. The number of aliphatic carboxylic acids is 1. The maximum Gasteiger partial charge on any atom is 0.306 e. The van der Waals surface area contributed by atoms with Gasteiger partial charge in [0, 0.05) is 24.7 Å². The smallest absolute Gasteiger partial charge is 0.306 e. The number of pyridine rings is 1. The molecule has 1 amide bonds. The number of nitrogens with zero attached hydrogens (tertiary/aromatic N) is 1. The molecular formula is C15H20N2O4. The lowest BCUT2D eigenvalue weighted by Gasteiger charge is -2.25. The topological polar surface area (TPSA) is 88.4 Å². The van der Waals surface area contributed by atoms with Crippen molar-refractivity contribution < 1.29 is 14.7 Å². The molecule has 2 rings (SSSR count). The molecule has 2 N–H and O–H groups in total. The monoisotopic (exact) mass is 292 g/mol. The Bertz CT molecular complexity index is 586. The van der Waals surface area contributed by atoms with Gasteiger partial charge < -0.3 is 15.0 Å². The zero-order valence-electron chi connectivity index (χ0n) is 12.0. The highest BCUT2D eigenvalue weighted by atomic mass is 16.4. The van der Waals surface area contributed by atoms with Gasteiger partial charge in [0.15, 0.2) is 0 Å². The molecule has 1 aliphatic rings. The Kier molecular flexibility index (Phi) is 4.77. The third kappa shape index (κ3) is 3.71. The van der Waals surface area contributed by atoms with E-state index in [1.54, 1.807) is 12.3 Å². The Balaban J connectivity index is 1.96. The first kappa shape index (κ1) is 15.3. The van der Waals surface area contributed by atoms with E-state index in [2.05, 4.69) is 5.32 Å². The molecule has 1 fully saturated rings. The fourth-order valence-corrected chi connectivity index (χ4v) is 2.70. The summed E-state index contributed by atoms with van der Waals surface area (Å²) in [4.78, 5) is 34.6. The number of carboxylic acid groups (broad SMARTS) is 1. The predicted molar refractivity (Wildman–Crippen MR) is 78.1 cm³/mol. The second-order valence-corrected chi connectivity index (χ2v) is 5.42. The summed E-state index contributed by atoms with van der Waals surface area (Å²) >= 11 is 0. The SMILES string of the molecule is CCn1cc(NC(=O)C2CCC(C(=O)O)CC2)ccc1=O. The van der Waals surface area contributed by atoms with E-state index < -0.39 is 5.97 Å². The highest BCUT2D eigenvalue weighted by Crippen LogP contribution is 2.29. The third-order valence-electron chi connectivity index (χ3n) is 4.04. The summed E-state index contributed by atoms with van der Waals surface area (Å²) in [6, 6.07) is 3.02. The van der Waals surface area contributed by atoms with Crippen molar-refractivity contribution in [2.24, 2.45) is 11.8 Å². The Morgan fingerprint density at radius 3 is 2.43 bits per heavy atom. The Morgan fingerprint density at radius 1 is 1.24 bits per heavy atom. The number of aryl methyl sites for hydroxylation is 1. The first-order chi connectivity index (χ1) is 10.0. The highest BCUT2D eigenvalue weighted by Gasteiger charge is 2.29. The second-order valence-electron chi connectivity index (χ2n) is 5.42. The summed E-state index contributed by atoms with van der Waals surface area (Å²) in [5.41, 5.74) is 0.499. The number of carboxylic acids is 1. The number of carbonyl (C=O) groups is 2. The van der Waals surface area contributed by atoms with Gasteiger partial charge in [0.25, 0.3) is 5.56 Å². The van der Waals surface area contributed by atoms with Gasteiger partial charge >= 0.3 is 5.97 Å². The minimum atomic E-state index is -0.774. The minimum Gasteiger partial charge on any atom is -0.481 e. The van der Waals surface area contributed by atoms with Crippen LogP contribution in [-0.4, -0.2) is 21.6 Å². The van der Waals surface area contributed by atoms with Crippen LogP contribution in [0.5, 0.6) is 0 Å². The average molecular weight is 292 g/mol. The molecule has 1 saturated carbocycles. The van der Waals surface area contributed by atoms with E-state index in [1.807, 2.05) is 6.92 Å².